The SMILES string of the molecule is Cc1cc(C)n2cc(CN3CCC(C)(C(=O)O)C3)nc2n1. The Morgan fingerprint density at radius 3 is 2.86 bits per heavy atom. The lowest BCUT2D eigenvalue weighted by atomic mass is 9.90. The molecule has 1 fully saturated rings. The van der Waals surface area contributed by atoms with Crippen molar-refractivity contribution in [2.24, 2.45) is 5.41 Å². The molecule has 0 aliphatic carbocycles. The second-order valence-electron chi connectivity index (χ2n) is 6.27. The van der Waals surface area contributed by atoms with Crippen molar-refractivity contribution in [2.75, 3.05) is 13.1 Å². The Labute approximate surface area is 123 Å². The predicted octanol–water partition coefficient (Wildman–Crippen LogP) is 1.64. The number of nitrogens with zero attached hydrogens (tertiary/aromatic N) is 4. The van der Waals surface area contributed by atoms with Crippen LogP contribution in [0.1, 0.15) is 30.4 Å². The Balaban J connectivity index is 1.80. The summed E-state index contributed by atoms with van der Waals surface area (Å²) in [6.07, 6.45) is 2.68. The molecule has 0 amide bonds. The van der Waals surface area contributed by atoms with E-state index in [1.807, 2.05) is 37.4 Å². The fourth-order valence-corrected chi connectivity index (χ4v) is 2.99. The number of aryl methyl sites for hydroxylation is 2. The highest BCUT2D eigenvalue weighted by Crippen LogP contribution is 2.30. The van der Waals surface area contributed by atoms with Gasteiger partial charge in [0.05, 0.1) is 11.1 Å². The van der Waals surface area contributed by atoms with Crippen molar-refractivity contribution < 1.29 is 9.90 Å². The molecule has 1 aliphatic heterocycles. The van der Waals surface area contributed by atoms with Gasteiger partial charge >= 0.3 is 5.97 Å². The van der Waals surface area contributed by atoms with E-state index in [0.29, 0.717) is 25.3 Å². The van der Waals surface area contributed by atoms with E-state index < -0.39 is 11.4 Å². The summed E-state index contributed by atoms with van der Waals surface area (Å²) in [5.74, 6) is -0.00386. The zero-order valence-corrected chi connectivity index (χ0v) is 12.6. The van der Waals surface area contributed by atoms with Crippen molar-refractivity contribution in [1.82, 2.24) is 19.3 Å². The summed E-state index contributed by atoms with van der Waals surface area (Å²) in [5.41, 5.74) is 2.36. The van der Waals surface area contributed by atoms with E-state index in [2.05, 4.69) is 14.9 Å². The Bertz CT molecular complexity index is 709. The van der Waals surface area contributed by atoms with E-state index in [4.69, 9.17) is 0 Å². The monoisotopic (exact) mass is 288 g/mol. The van der Waals surface area contributed by atoms with Crippen LogP contribution in [0.5, 0.6) is 0 Å². The van der Waals surface area contributed by atoms with Gasteiger partial charge in [0.15, 0.2) is 0 Å². The molecule has 3 rings (SSSR count). The molecular formula is C15H20N4O2. The average Bonchev–Trinajstić information content (AvgIpc) is 2.94. The number of carboxylic acids is 1. The topological polar surface area (TPSA) is 70.7 Å². The smallest absolute Gasteiger partial charge is 0.310 e. The van der Waals surface area contributed by atoms with Crippen LogP contribution in [-0.2, 0) is 11.3 Å². The number of aliphatic carboxylic acids is 1. The van der Waals surface area contributed by atoms with Crippen molar-refractivity contribution in [2.45, 2.75) is 33.7 Å². The standard InChI is InChI=1S/C15H20N4O2/c1-10-6-11(2)19-8-12(17-14(19)16-10)7-18-5-4-15(3,9-18)13(20)21/h6,8H,4-5,7,9H2,1-3H3,(H,20,21). The number of imidazole rings is 1. The molecule has 1 aliphatic rings. The molecule has 1 unspecified atom stereocenters. The van der Waals surface area contributed by atoms with Gasteiger partial charge in [-0.1, -0.05) is 0 Å². The highest BCUT2D eigenvalue weighted by atomic mass is 16.4. The van der Waals surface area contributed by atoms with Crippen molar-refractivity contribution >= 4 is 11.7 Å². The van der Waals surface area contributed by atoms with Gasteiger partial charge in [0.25, 0.3) is 0 Å². The molecule has 6 heteroatoms. The van der Waals surface area contributed by atoms with Crippen LogP contribution < -0.4 is 0 Å². The Morgan fingerprint density at radius 1 is 1.43 bits per heavy atom. The first kappa shape index (κ1) is 14.0. The van der Waals surface area contributed by atoms with Crippen LogP contribution in [0.3, 0.4) is 0 Å². The number of fused-ring (bicyclic) bond motifs is 1. The Morgan fingerprint density at radius 2 is 2.19 bits per heavy atom. The third-order valence-electron chi connectivity index (χ3n) is 4.27. The van der Waals surface area contributed by atoms with Crippen LogP contribution in [-0.4, -0.2) is 43.4 Å². The number of rotatable bonds is 3. The lowest BCUT2D eigenvalue weighted by molar-refractivity contribution is -0.147. The van der Waals surface area contributed by atoms with E-state index in [1.54, 1.807) is 0 Å². The molecule has 1 atom stereocenters. The second kappa shape index (κ2) is 4.80. The Hall–Kier alpha value is -1.95. The third-order valence-corrected chi connectivity index (χ3v) is 4.27. The van der Waals surface area contributed by atoms with Crippen LogP contribution in [0.2, 0.25) is 0 Å². The maximum Gasteiger partial charge on any atom is 0.310 e. The summed E-state index contributed by atoms with van der Waals surface area (Å²) in [6.45, 7) is 7.84. The molecule has 0 bridgehead atoms. The fraction of sp³-hybridized carbons (Fsp3) is 0.533. The van der Waals surface area contributed by atoms with E-state index in [0.717, 1.165) is 23.6 Å². The van der Waals surface area contributed by atoms with Gasteiger partial charge in [0.2, 0.25) is 5.78 Å². The average molecular weight is 288 g/mol. The molecule has 6 nitrogen and oxygen atoms in total. The molecule has 2 aromatic rings. The molecular weight excluding hydrogens is 268 g/mol. The zero-order chi connectivity index (χ0) is 15.2. The molecule has 21 heavy (non-hydrogen) atoms. The normalized spacial score (nSPS) is 23.0. The maximum absolute atomic E-state index is 11.3. The summed E-state index contributed by atoms with van der Waals surface area (Å²) in [6, 6.07) is 2.02. The second-order valence-corrected chi connectivity index (χ2v) is 6.27. The first-order valence-corrected chi connectivity index (χ1v) is 7.15. The highest BCUT2D eigenvalue weighted by Gasteiger charge is 2.40. The number of carbonyl (C=O) groups is 1. The van der Waals surface area contributed by atoms with Gasteiger partial charge in [-0.25, -0.2) is 9.97 Å². The molecule has 0 aromatic carbocycles. The lowest BCUT2D eigenvalue weighted by Crippen LogP contribution is -2.31. The minimum absolute atomic E-state index is 0.571. The molecule has 2 aromatic heterocycles. The van der Waals surface area contributed by atoms with E-state index in [-0.39, 0.29) is 0 Å². The van der Waals surface area contributed by atoms with Gasteiger partial charge in [-0.3, -0.25) is 14.1 Å². The van der Waals surface area contributed by atoms with E-state index >= 15 is 0 Å². The van der Waals surface area contributed by atoms with Gasteiger partial charge in [-0.15, -0.1) is 0 Å². The molecule has 0 spiro atoms. The first-order chi connectivity index (χ1) is 9.87. The van der Waals surface area contributed by atoms with Crippen molar-refractivity contribution in [3.63, 3.8) is 0 Å². The summed E-state index contributed by atoms with van der Waals surface area (Å²) < 4.78 is 1.98. The summed E-state index contributed by atoms with van der Waals surface area (Å²) >= 11 is 0. The zero-order valence-electron chi connectivity index (χ0n) is 12.6. The number of carboxylic acid groups (broad SMARTS) is 1. The molecule has 3 heterocycles. The van der Waals surface area contributed by atoms with Gasteiger partial charge in [0.1, 0.15) is 0 Å². The number of hydrogen-bond acceptors (Lipinski definition) is 4. The molecule has 1 saturated heterocycles. The number of likely N-dealkylation sites (tertiary alicyclic amines) is 1. The van der Waals surface area contributed by atoms with Crippen molar-refractivity contribution in [3.05, 3.63) is 29.3 Å². The van der Waals surface area contributed by atoms with Gasteiger partial charge in [0, 0.05) is 30.7 Å². The van der Waals surface area contributed by atoms with Crippen LogP contribution in [0.15, 0.2) is 12.3 Å². The third kappa shape index (κ3) is 2.51. The highest BCUT2D eigenvalue weighted by molar-refractivity contribution is 5.74. The van der Waals surface area contributed by atoms with Crippen molar-refractivity contribution in [1.29, 1.82) is 0 Å². The molecule has 0 radical (unpaired) electrons. The minimum atomic E-state index is -0.715. The van der Waals surface area contributed by atoms with Crippen LogP contribution in [0.25, 0.3) is 5.78 Å². The quantitative estimate of drug-likeness (QED) is 0.929. The minimum Gasteiger partial charge on any atom is -0.481 e. The van der Waals surface area contributed by atoms with E-state index in [1.165, 1.54) is 0 Å². The van der Waals surface area contributed by atoms with Crippen LogP contribution >= 0.6 is 0 Å². The van der Waals surface area contributed by atoms with E-state index in [9.17, 15) is 9.90 Å². The summed E-state index contributed by atoms with van der Waals surface area (Å²) in [7, 11) is 0. The van der Waals surface area contributed by atoms with Crippen LogP contribution in [0, 0.1) is 19.3 Å². The number of hydrogen-bond donors (Lipinski definition) is 1. The maximum atomic E-state index is 11.3. The van der Waals surface area contributed by atoms with Gasteiger partial charge in [-0.05, 0) is 39.8 Å². The van der Waals surface area contributed by atoms with Gasteiger partial charge in [-0.2, -0.15) is 0 Å². The number of aromatic nitrogens is 3. The molecule has 112 valence electrons. The fourth-order valence-electron chi connectivity index (χ4n) is 2.99. The molecule has 0 saturated carbocycles. The first-order valence-electron chi connectivity index (χ1n) is 7.15. The summed E-state index contributed by atoms with van der Waals surface area (Å²) in [5, 5.41) is 9.28. The van der Waals surface area contributed by atoms with Crippen LogP contribution in [0.4, 0.5) is 0 Å². The van der Waals surface area contributed by atoms with Crippen molar-refractivity contribution in [3.8, 4) is 0 Å². The largest absolute Gasteiger partial charge is 0.481 e. The lowest BCUT2D eigenvalue weighted by Gasteiger charge is -2.19. The Kier molecular flexibility index (Phi) is 3.20. The summed E-state index contributed by atoms with van der Waals surface area (Å²) in [4.78, 5) is 22.4. The molecule has 1 N–H and O–H groups in total. The predicted molar refractivity (Wildman–Crippen MR) is 78.1 cm³/mol. The van der Waals surface area contributed by atoms with Gasteiger partial charge < -0.3 is 5.11 Å².